The Balaban J connectivity index is 1.83. The van der Waals surface area contributed by atoms with Crippen LogP contribution in [0.3, 0.4) is 0 Å². The summed E-state index contributed by atoms with van der Waals surface area (Å²) in [5.41, 5.74) is 7.98. The van der Waals surface area contributed by atoms with Crippen LogP contribution in [0.4, 0.5) is 0 Å². The number of hydrogen-bond acceptors (Lipinski definition) is 1. The Bertz CT molecular complexity index is 1050. The van der Waals surface area contributed by atoms with E-state index < -0.39 is 0 Å². The van der Waals surface area contributed by atoms with Crippen molar-refractivity contribution in [3.8, 4) is 5.75 Å². The highest BCUT2D eigenvalue weighted by atomic mass is 16.3. The summed E-state index contributed by atoms with van der Waals surface area (Å²) in [4.78, 5) is 0. The van der Waals surface area contributed by atoms with E-state index in [2.05, 4.69) is 81.4 Å². The molecule has 1 aliphatic carbocycles. The third-order valence-electron chi connectivity index (χ3n) is 5.41. The van der Waals surface area contributed by atoms with Crippen molar-refractivity contribution in [1.29, 1.82) is 0 Å². The summed E-state index contributed by atoms with van der Waals surface area (Å²) >= 11 is 0. The molecule has 0 heterocycles. The van der Waals surface area contributed by atoms with Gasteiger partial charge in [-0.25, -0.2) is 0 Å². The minimum Gasteiger partial charge on any atom is -0.507 e. The van der Waals surface area contributed by atoms with Crippen molar-refractivity contribution in [2.45, 2.75) is 32.6 Å². The fourth-order valence-corrected chi connectivity index (χ4v) is 3.95. The zero-order valence-corrected chi connectivity index (χ0v) is 16.7. The van der Waals surface area contributed by atoms with Gasteiger partial charge in [0.05, 0.1) is 0 Å². The average Bonchev–Trinajstić information content (AvgIpc) is 3.14. The van der Waals surface area contributed by atoms with Crippen molar-refractivity contribution in [2.75, 3.05) is 0 Å². The first-order valence-corrected chi connectivity index (χ1v) is 9.82. The average molecular weight is 367 g/mol. The molecular formula is C27H26O. The molecule has 0 unspecified atom stereocenters. The molecule has 4 rings (SSSR count). The van der Waals surface area contributed by atoms with Gasteiger partial charge in [0.1, 0.15) is 5.75 Å². The van der Waals surface area contributed by atoms with E-state index in [1.54, 1.807) is 0 Å². The number of aromatic hydroxyl groups is 1. The van der Waals surface area contributed by atoms with Gasteiger partial charge in [-0.3, -0.25) is 0 Å². The zero-order valence-electron chi connectivity index (χ0n) is 16.7. The lowest BCUT2D eigenvalue weighted by molar-refractivity contribution is 0.445. The largest absolute Gasteiger partial charge is 0.507 e. The number of allylic oxidation sites excluding steroid dienone is 4. The van der Waals surface area contributed by atoms with E-state index in [0.717, 1.165) is 17.5 Å². The number of phenolic OH excluding ortho intramolecular Hbond substituents is 1. The van der Waals surface area contributed by atoms with Crippen LogP contribution < -0.4 is 0 Å². The van der Waals surface area contributed by atoms with E-state index in [1.165, 1.54) is 27.8 Å². The number of para-hydroxylation sites is 1. The van der Waals surface area contributed by atoms with Crippen LogP contribution in [0, 0.1) is 0 Å². The Morgan fingerprint density at radius 3 is 1.93 bits per heavy atom. The minimum absolute atomic E-state index is 0.1000. The van der Waals surface area contributed by atoms with Gasteiger partial charge >= 0.3 is 0 Å². The van der Waals surface area contributed by atoms with Gasteiger partial charge in [-0.15, -0.1) is 0 Å². The lowest BCUT2D eigenvalue weighted by Gasteiger charge is -2.22. The highest BCUT2D eigenvalue weighted by molar-refractivity contribution is 6.07. The Morgan fingerprint density at radius 2 is 1.32 bits per heavy atom. The van der Waals surface area contributed by atoms with E-state index in [4.69, 9.17) is 0 Å². The Labute approximate surface area is 167 Å². The van der Waals surface area contributed by atoms with Crippen molar-refractivity contribution >= 4 is 16.7 Å². The quantitative estimate of drug-likeness (QED) is 0.525. The third kappa shape index (κ3) is 3.41. The maximum Gasteiger partial charge on any atom is 0.126 e. The van der Waals surface area contributed by atoms with E-state index in [0.29, 0.717) is 5.75 Å². The first-order valence-electron chi connectivity index (χ1n) is 9.82. The van der Waals surface area contributed by atoms with Gasteiger partial charge in [-0.2, -0.15) is 0 Å². The summed E-state index contributed by atoms with van der Waals surface area (Å²) in [6.07, 6.45) is 3.06. The highest BCUT2D eigenvalue weighted by Gasteiger charge is 2.25. The maximum atomic E-state index is 11.0. The normalized spacial score (nSPS) is 14.3. The molecule has 1 aliphatic rings. The monoisotopic (exact) mass is 366 g/mol. The summed E-state index contributed by atoms with van der Waals surface area (Å²) in [6, 6.07) is 27.2. The van der Waals surface area contributed by atoms with Crippen LogP contribution in [-0.4, -0.2) is 5.11 Å². The van der Waals surface area contributed by atoms with Crippen LogP contribution in [0.5, 0.6) is 5.75 Å². The molecule has 1 nitrogen and oxygen atoms in total. The fourth-order valence-electron chi connectivity index (χ4n) is 3.95. The smallest absolute Gasteiger partial charge is 0.126 e. The molecular weight excluding hydrogens is 340 g/mol. The molecule has 3 aromatic carbocycles. The van der Waals surface area contributed by atoms with Gasteiger partial charge in [0.2, 0.25) is 0 Å². The molecule has 0 spiro atoms. The zero-order chi connectivity index (χ0) is 19.7. The van der Waals surface area contributed by atoms with Gasteiger partial charge in [0.15, 0.2) is 0 Å². The topological polar surface area (TPSA) is 20.2 Å². The molecule has 0 bridgehead atoms. The van der Waals surface area contributed by atoms with Crippen LogP contribution in [0.1, 0.15) is 49.4 Å². The second-order valence-corrected chi connectivity index (χ2v) is 8.42. The van der Waals surface area contributed by atoms with Crippen molar-refractivity contribution < 1.29 is 5.11 Å². The molecule has 0 saturated carbocycles. The lowest BCUT2D eigenvalue weighted by atomic mass is 9.84. The molecule has 28 heavy (non-hydrogen) atoms. The molecule has 0 saturated heterocycles. The van der Waals surface area contributed by atoms with Crippen LogP contribution in [0.25, 0.3) is 16.7 Å². The fraction of sp³-hybridized carbons (Fsp3) is 0.185. The van der Waals surface area contributed by atoms with Gasteiger partial charge in [-0.05, 0) is 51.3 Å². The summed E-state index contributed by atoms with van der Waals surface area (Å²) in [6.45, 7) is 6.41. The molecule has 140 valence electrons. The van der Waals surface area contributed by atoms with Crippen molar-refractivity contribution in [3.63, 3.8) is 0 Å². The predicted octanol–water partition coefficient (Wildman–Crippen LogP) is 7.09. The Hall–Kier alpha value is -3.06. The van der Waals surface area contributed by atoms with E-state index in [9.17, 15) is 5.11 Å². The van der Waals surface area contributed by atoms with Gasteiger partial charge in [0.25, 0.3) is 0 Å². The number of hydrogen-bond donors (Lipinski definition) is 1. The Kier molecular flexibility index (Phi) is 4.68. The van der Waals surface area contributed by atoms with Crippen LogP contribution >= 0.6 is 0 Å². The maximum absolute atomic E-state index is 11.0. The predicted molar refractivity (Wildman–Crippen MR) is 119 cm³/mol. The second kappa shape index (κ2) is 7.16. The molecule has 3 aromatic rings. The lowest BCUT2D eigenvalue weighted by Crippen LogP contribution is -2.11. The van der Waals surface area contributed by atoms with Crippen LogP contribution in [0.15, 0.2) is 84.9 Å². The summed E-state index contributed by atoms with van der Waals surface area (Å²) in [7, 11) is 0. The number of rotatable bonds is 3. The van der Waals surface area contributed by atoms with Crippen LogP contribution in [0.2, 0.25) is 0 Å². The first-order chi connectivity index (χ1) is 13.4. The Morgan fingerprint density at radius 1 is 0.714 bits per heavy atom. The van der Waals surface area contributed by atoms with Crippen molar-refractivity contribution in [2.24, 2.45) is 0 Å². The second-order valence-electron chi connectivity index (χ2n) is 8.42. The molecule has 0 aliphatic heterocycles. The molecule has 1 N–H and O–H groups in total. The number of benzene rings is 3. The summed E-state index contributed by atoms with van der Waals surface area (Å²) < 4.78 is 0. The first kappa shape index (κ1) is 18.3. The molecule has 0 fully saturated rings. The van der Waals surface area contributed by atoms with E-state index >= 15 is 0 Å². The van der Waals surface area contributed by atoms with Crippen molar-refractivity contribution in [3.05, 3.63) is 107 Å². The molecule has 0 radical (unpaired) electrons. The summed E-state index contributed by atoms with van der Waals surface area (Å²) in [5, 5.41) is 11.0. The van der Waals surface area contributed by atoms with Gasteiger partial charge in [0, 0.05) is 5.56 Å². The molecule has 0 atom stereocenters. The third-order valence-corrected chi connectivity index (χ3v) is 5.41. The molecule has 0 amide bonds. The minimum atomic E-state index is -0.1000. The van der Waals surface area contributed by atoms with Gasteiger partial charge in [-0.1, -0.05) is 99.6 Å². The standard InChI is InChI=1S/C27H26O/c1-27(2,3)25-16-10-15-22(26(25)28)21-17-23(19-11-6-4-7-12-19)24(18-21)20-13-8-5-9-14-20/h4-17,28H,18H2,1-3H3. The number of phenols is 1. The van der Waals surface area contributed by atoms with E-state index in [-0.39, 0.29) is 5.41 Å². The molecule has 0 aromatic heterocycles. The van der Waals surface area contributed by atoms with E-state index in [1.807, 2.05) is 24.3 Å². The van der Waals surface area contributed by atoms with Crippen LogP contribution in [-0.2, 0) is 5.41 Å². The summed E-state index contributed by atoms with van der Waals surface area (Å²) in [5.74, 6) is 0.406. The highest BCUT2D eigenvalue weighted by Crippen LogP contribution is 2.46. The van der Waals surface area contributed by atoms with Gasteiger partial charge < -0.3 is 5.11 Å². The SMILES string of the molecule is CC(C)(C)c1cccc(C2=CC(c3ccccc3)=C(c3ccccc3)C2)c1O. The molecule has 1 heteroatoms. The van der Waals surface area contributed by atoms with Crippen molar-refractivity contribution in [1.82, 2.24) is 0 Å².